The summed E-state index contributed by atoms with van der Waals surface area (Å²) in [5.41, 5.74) is 3.08. The number of ether oxygens (including phenoxy) is 2. The van der Waals surface area contributed by atoms with Crippen LogP contribution in [0.5, 0.6) is 11.5 Å². The van der Waals surface area contributed by atoms with Crippen molar-refractivity contribution in [1.29, 1.82) is 0 Å². The first kappa shape index (κ1) is 19.4. The Hall–Kier alpha value is -3.61. The van der Waals surface area contributed by atoms with Gasteiger partial charge in [-0.1, -0.05) is 54.6 Å². The van der Waals surface area contributed by atoms with Crippen LogP contribution in [0.3, 0.4) is 0 Å². The first-order valence-corrected chi connectivity index (χ1v) is 10.1. The molecule has 2 aliphatic rings. The Kier molecular flexibility index (Phi) is 4.73. The molecule has 5 nitrogen and oxygen atoms in total. The van der Waals surface area contributed by atoms with Gasteiger partial charge in [0.05, 0.1) is 5.69 Å². The van der Waals surface area contributed by atoms with E-state index in [0.29, 0.717) is 37.4 Å². The lowest BCUT2D eigenvalue weighted by atomic mass is 9.98. The number of halogens is 2. The number of piperazine rings is 1. The number of hydrogen-bond acceptors (Lipinski definition) is 4. The molecular formula is C24H20F2N2O3. The SMILES string of the molecule is O=C(c1ccccc1-c1ccccc1)N1CCN(c2cccc3c2OC(F)(F)O3)CC1. The standard InChI is InChI=1S/C24H20F2N2O3/c25-24(26)30-21-12-6-11-20(22(21)31-24)27-13-15-28(16-14-27)23(29)19-10-5-4-9-18(19)17-7-2-1-3-8-17/h1-12H,13-16H2. The Morgan fingerprint density at radius 3 is 2.29 bits per heavy atom. The van der Waals surface area contributed by atoms with Crippen LogP contribution in [0.1, 0.15) is 10.4 Å². The molecule has 0 aromatic heterocycles. The first-order chi connectivity index (χ1) is 15.0. The van der Waals surface area contributed by atoms with Crippen LogP contribution in [0, 0.1) is 0 Å². The Bertz CT molecular complexity index is 1110. The lowest BCUT2D eigenvalue weighted by Crippen LogP contribution is -2.49. The maximum atomic E-state index is 13.5. The van der Waals surface area contributed by atoms with E-state index in [4.69, 9.17) is 4.74 Å². The van der Waals surface area contributed by atoms with Crippen LogP contribution in [-0.4, -0.2) is 43.3 Å². The summed E-state index contributed by atoms with van der Waals surface area (Å²) in [7, 11) is 0. The van der Waals surface area contributed by atoms with Gasteiger partial charge in [0.25, 0.3) is 5.91 Å². The molecule has 1 fully saturated rings. The van der Waals surface area contributed by atoms with Gasteiger partial charge in [0.2, 0.25) is 0 Å². The van der Waals surface area contributed by atoms with Crippen molar-refractivity contribution in [3.8, 4) is 22.6 Å². The molecule has 0 bridgehead atoms. The van der Waals surface area contributed by atoms with Gasteiger partial charge in [-0.2, -0.15) is 0 Å². The fraction of sp³-hybridized carbons (Fsp3) is 0.208. The molecule has 0 N–H and O–H groups in total. The van der Waals surface area contributed by atoms with Crippen LogP contribution < -0.4 is 14.4 Å². The zero-order valence-electron chi connectivity index (χ0n) is 16.6. The fourth-order valence-corrected chi connectivity index (χ4v) is 4.06. The summed E-state index contributed by atoms with van der Waals surface area (Å²) in [5, 5.41) is 0. The van der Waals surface area contributed by atoms with Crippen LogP contribution in [0.2, 0.25) is 0 Å². The summed E-state index contributed by atoms with van der Waals surface area (Å²) in [5.74, 6) is 0.0306. The lowest BCUT2D eigenvalue weighted by molar-refractivity contribution is -0.286. The second kappa shape index (κ2) is 7.58. The van der Waals surface area contributed by atoms with Crippen molar-refractivity contribution in [3.63, 3.8) is 0 Å². The highest BCUT2D eigenvalue weighted by Crippen LogP contribution is 2.47. The summed E-state index contributed by atoms with van der Waals surface area (Å²) < 4.78 is 36.3. The van der Waals surface area contributed by atoms with Crippen LogP contribution in [0.25, 0.3) is 11.1 Å². The van der Waals surface area contributed by atoms with Crippen molar-refractivity contribution in [3.05, 3.63) is 78.4 Å². The number of fused-ring (bicyclic) bond motifs is 1. The van der Waals surface area contributed by atoms with Crippen molar-refractivity contribution in [2.75, 3.05) is 31.1 Å². The average molecular weight is 422 g/mol. The van der Waals surface area contributed by atoms with Crippen molar-refractivity contribution in [1.82, 2.24) is 4.90 Å². The normalized spacial score (nSPS) is 17.0. The molecule has 31 heavy (non-hydrogen) atoms. The van der Waals surface area contributed by atoms with E-state index in [9.17, 15) is 13.6 Å². The summed E-state index contributed by atoms with van der Waals surface area (Å²) in [6.07, 6.45) is -3.66. The Morgan fingerprint density at radius 2 is 1.52 bits per heavy atom. The average Bonchev–Trinajstić information content (AvgIpc) is 3.13. The van der Waals surface area contributed by atoms with Gasteiger partial charge in [-0.05, 0) is 29.3 Å². The molecule has 2 aliphatic heterocycles. The van der Waals surface area contributed by atoms with Crippen LogP contribution in [-0.2, 0) is 0 Å². The van der Waals surface area contributed by atoms with E-state index >= 15 is 0 Å². The highest BCUT2D eigenvalue weighted by molar-refractivity contribution is 6.01. The van der Waals surface area contributed by atoms with E-state index in [1.54, 1.807) is 17.0 Å². The zero-order chi connectivity index (χ0) is 21.4. The molecule has 0 saturated carbocycles. The van der Waals surface area contributed by atoms with E-state index in [-0.39, 0.29) is 17.4 Å². The van der Waals surface area contributed by atoms with Crippen LogP contribution in [0.15, 0.2) is 72.8 Å². The van der Waals surface area contributed by atoms with Crippen molar-refractivity contribution in [2.24, 2.45) is 0 Å². The van der Waals surface area contributed by atoms with E-state index in [1.165, 1.54) is 6.07 Å². The number of alkyl halides is 2. The molecule has 3 aromatic rings. The molecule has 2 heterocycles. The monoisotopic (exact) mass is 422 g/mol. The van der Waals surface area contributed by atoms with Gasteiger partial charge in [0.1, 0.15) is 0 Å². The van der Waals surface area contributed by atoms with Crippen molar-refractivity contribution >= 4 is 11.6 Å². The highest BCUT2D eigenvalue weighted by Gasteiger charge is 2.45. The van der Waals surface area contributed by atoms with E-state index in [0.717, 1.165) is 11.1 Å². The topological polar surface area (TPSA) is 42.0 Å². The number of rotatable bonds is 3. The fourth-order valence-electron chi connectivity index (χ4n) is 4.06. The Balaban J connectivity index is 1.33. The van der Waals surface area contributed by atoms with Gasteiger partial charge in [-0.3, -0.25) is 4.79 Å². The molecule has 0 unspecified atom stereocenters. The van der Waals surface area contributed by atoms with Gasteiger partial charge < -0.3 is 19.3 Å². The summed E-state index contributed by atoms with van der Waals surface area (Å²) >= 11 is 0. The van der Waals surface area contributed by atoms with E-state index in [2.05, 4.69) is 4.74 Å². The predicted octanol–water partition coefficient (Wildman–Crippen LogP) is 4.64. The third kappa shape index (κ3) is 3.67. The second-order valence-electron chi connectivity index (χ2n) is 7.46. The first-order valence-electron chi connectivity index (χ1n) is 10.1. The minimum absolute atomic E-state index is 0.0257. The van der Waals surface area contributed by atoms with Gasteiger partial charge in [0.15, 0.2) is 11.5 Å². The molecule has 0 aliphatic carbocycles. The second-order valence-corrected chi connectivity index (χ2v) is 7.46. The van der Waals surface area contributed by atoms with Gasteiger partial charge in [0, 0.05) is 31.7 Å². The van der Waals surface area contributed by atoms with Gasteiger partial charge in [-0.25, -0.2) is 0 Å². The van der Waals surface area contributed by atoms with Crippen LogP contribution >= 0.6 is 0 Å². The van der Waals surface area contributed by atoms with Crippen molar-refractivity contribution in [2.45, 2.75) is 6.29 Å². The summed E-state index contributed by atoms with van der Waals surface area (Å²) in [6, 6.07) is 22.2. The third-order valence-corrected chi connectivity index (χ3v) is 5.56. The molecule has 0 radical (unpaired) electrons. The molecule has 0 atom stereocenters. The Labute approximate surface area is 178 Å². The molecule has 1 amide bonds. The third-order valence-electron chi connectivity index (χ3n) is 5.56. The van der Waals surface area contributed by atoms with E-state index < -0.39 is 6.29 Å². The quantitative estimate of drug-likeness (QED) is 0.617. The molecule has 158 valence electrons. The number of amides is 1. The lowest BCUT2D eigenvalue weighted by Gasteiger charge is -2.36. The maximum Gasteiger partial charge on any atom is 0.586 e. The van der Waals surface area contributed by atoms with E-state index in [1.807, 2.05) is 59.5 Å². The minimum atomic E-state index is -3.66. The number of nitrogens with zero attached hydrogens (tertiary/aromatic N) is 2. The Morgan fingerprint density at radius 1 is 0.806 bits per heavy atom. The number of carbonyl (C=O) groups is 1. The molecule has 0 spiro atoms. The highest BCUT2D eigenvalue weighted by atomic mass is 19.3. The number of hydrogen-bond donors (Lipinski definition) is 0. The molecule has 3 aromatic carbocycles. The summed E-state index contributed by atoms with van der Waals surface area (Å²) in [6.45, 7) is 1.96. The molecule has 1 saturated heterocycles. The number of carbonyl (C=O) groups excluding carboxylic acids is 1. The predicted molar refractivity (Wildman–Crippen MR) is 113 cm³/mol. The van der Waals surface area contributed by atoms with Gasteiger partial charge >= 0.3 is 6.29 Å². The summed E-state index contributed by atoms with van der Waals surface area (Å²) in [4.78, 5) is 17.0. The molecule has 7 heteroatoms. The zero-order valence-corrected chi connectivity index (χ0v) is 16.6. The van der Waals surface area contributed by atoms with Crippen molar-refractivity contribution < 1.29 is 23.0 Å². The smallest absolute Gasteiger partial charge is 0.395 e. The molecule has 5 rings (SSSR count). The maximum absolute atomic E-state index is 13.5. The minimum Gasteiger partial charge on any atom is -0.395 e. The number of anilines is 1. The number of benzene rings is 3. The van der Waals surface area contributed by atoms with Crippen LogP contribution in [0.4, 0.5) is 14.5 Å². The molecular weight excluding hydrogens is 402 g/mol. The number of para-hydroxylation sites is 1. The van der Waals surface area contributed by atoms with Gasteiger partial charge in [-0.15, -0.1) is 8.78 Å². The largest absolute Gasteiger partial charge is 0.586 e.